The minimum Gasteiger partial charge on any atom is -0.382 e. The molecule has 0 aliphatic heterocycles. The summed E-state index contributed by atoms with van der Waals surface area (Å²) in [5.41, 5.74) is 2.53. The van der Waals surface area contributed by atoms with E-state index in [0.29, 0.717) is 6.04 Å². The number of hydrogen-bond acceptors (Lipinski definition) is 2. The summed E-state index contributed by atoms with van der Waals surface area (Å²) < 4.78 is 0. The number of hydrogen-bond donors (Lipinski definition) is 1. The molecule has 2 heteroatoms. The van der Waals surface area contributed by atoms with Gasteiger partial charge in [-0.2, -0.15) is 0 Å². The molecule has 2 rings (SSSR count). The molecule has 1 fully saturated rings. The van der Waals surface area contributed by atoms with Gasteiger partial charge in [-0.25, -0.2) is 0 Å². The van der Waals surface area contributed by atoms with Crippen LogP contribution in [-0.2, 0) is 0 Å². The largest absolute Gasteiger partial charge is 0.382 e. The fraction of sp³-hybridized carbons (Fsp3) is 0.667. The number of nitrogens with zero attached hydrogens (tertiary/aromatic N) is 1. The highest BCUT2D eigenvalue weighted by Gasteiger charge is 2.22. The topological polar surface area (TPSA) is 15.3 Å². The van der Waals surface area contributed by atoms with E-state index >= 15 is 0 Å². The van der Waals surface area contributed by atoms with E-state index < -0.39 is 0 Å². The summed E-state index contributed by atoms with van der Waals surface area (Å²) in [6, 6.07) is 9.47. The highest BCUT2D eigenvalue weighted by molar-refractivity contribution is 5.54. The fourth-order valence-electron chi connectivity index (χ4n) is 3.39. The number of nitrogens with one attached hydrogen (secondary N) is 1. The molecule has 1 aliphatic rings. The van der Waals surface area contributed by atoms with Crippen molar-refractivity contribution in [3.05, 3.63) is 24.3 Å². The van der Waals surface area contributed by atoms with Gasteiger partial charge >= 0.3 is 0 Å². The lowest BCUT2D eigenvalue weighted by atomic mass is 9.81. The molecule has 2 nitrogen and oxygen atoms in total. The molecule has 2 atom stereocenters. The van der Waals surface area contributed by atoms with Gasteiger partial charge in [0.15, 0.2) is 0 Å². The van der Waals surface area contributed by atoms with Crippen LogP contribution in [0.2, 0.25) is 0 Å². The van der Waals surface area contributed by atoms with Gasteiger partial charge in [-0.3, -0.25) is 0 Å². The van der Waals surface area contributed by atoms with Crippen LogP contribution in [-0.4, -0.2) is 20.1 Å². The van der Waals surface area contributed by atoms with Crippen molar-refractivity contribution < 1.29 is 0 Å². The molecule has 1 N–H and O–H groups in total. The second-order valence-corrected chi connectivity index (χ2v) is 6.94. The predicted octanol–water partition coefficient (Wildman–Crippen LogP) is 4.77. The van der Waals surface area contributed by atoms with Crippen molar-refractivity contribution in [1.82, 2.24) is 0 Å². The standard InChI is InChI=1S/C18H30N2/c1-14(2)12-15-6-5-7-17(13-15)19-16-8-10-18(11-9-16)20(3)4/h8-11,14-15,17,19H,5-7,12-13H2,1-4H3. The third-order valence-electron chi connectivity index (χ3n) is 4.34. The molecule has 0 bridgehead atoms. The SMILES string of the molecule is CC(C)CC1CCCC(Nc2ccc(N(C)C)cc2)C1. The van der Waals surface area contributed by atoms with Crippen LogP contribution in [0.25, 0.3) is 0 Å². The number of anilines is 2. The van der Waals surface area contributed by atoms with Gasteiger partial charge in [0, 0.05) is 31.5 Å². The van der Waals surface area contributed by atoms with Crippen LogP contribution in [0, 0.1) is 11.8 Å². The predicted molar refractivity (Wildman–Crippen MR) is 89.6 cm³/mol. The molecule has 0 amide bonds. The van der Waals surface area contributed by atoms with Crippen LogP contribution in [0.4, 0.5) is 11.4 Å². The Morgan fingerprint density at radius 1 is 1.15 bits per heavy atom. The first kappa shape index (κ1) is 15.2. The van der Waals surface area contributed by atoms with E-state index in [9.17, 15) is 0 Å². The Labute approximate surface area is 124 Å². The molecule has 1 saturated carbocycles. The summed E-state index contributed by atoms with van der Waals surface area (Å²) >= 11 is 0. The maximum Gasteiger partial charge on any atom is 0.0362 e. The first-order valence-electron chi connectivity index (χ1n) is 8.08. The Hall–Kier alpha value is -1.18. The molecule has 112 valence electrons. The highest BCUT2D eigenvalue weighted by atomic mass is 15.1. The monoisotopic (exact) mass is 274 g/mol. The van der Waals surface area contributed by atoms with E-state index in [4.69, 9.17) is 0 Å². The number of rotatable bonds is 5. The zero-order valence-corrected chi connectivity index (χ0v) is 13.5. The number of benzene rings is 1. The molecule has 0 aromatic heterocycles. The Morgan fingerprint density at radius 2 is 1.85 bits per heavy atom. The Balaban J connectivity index is 1.89. The smallest absolute Gasteiger partial charge is 0.0362 e. The zero-order chi connectivity index (χ0) is 14.5. The van der Waals surface area contributed by atoms with Gasteiger partial charge in [-0.05, 0) is 55.4 Å². The minimum atomic E-state index is 0.665. The summed E-state index contributed by atoms with van der Waals surface area (Å²) in [6.07, 6.45) is 6.86. The molecular weight excluding hydrogens is 244 g/mol. The normalized spacial score (nSPS) is 22.9. The Bertz CT molecular complexity index is 394. The average molecular weight is 274 g/mol. The first-order chi connectivity index (χ1) is 9.54. The van der Waals surface area contributed by atoms with Gasteiger partial charge in [-0.1, -0.05) is 26.7 Å². The van der Waals surface area contributed by atoms with Crippen LogP contribution < -0.4 is 10.2 Å². The third-order valence-corrected chi connectivity index (χ3v) is 4.34. The van der Waals surface area contributed by atoms with Crippen LogP contribution in [0.5, 0.6) is 0 Å². The van der Waals surface area contributed by atoms with Crippen LogP contribution in [0.15, 0.2) is 24.3 Å². The maximum absolute atomic E-state index is 3.73. The van der Waals surface area contributed by atoms with Crippen LogP contribution in [0.3, 0.4) is 0 Å². The summed E-state index contributed by atoms with van der Waals surface area (Å²) in [7, 11) is 4.17. The lowest BCUT2D eigenvalue weighted by molar-refractivity contribution is 0.289. The van der Waals surface area contributed by atoms with Crippen molar-refractivity contribution in [2.24, 2.45) is 11.8 Å². The first-order valence-corrected chi connectivity index (χ1v) is 8.08. The fourth-order valence-corrected chi connectivity index (χ4v) is 3.39. The van der Waals surface area contributed by atoms with Gasteiger partial charge in [0.05, 0.1) is 0 Å². The quantitative estimate of drug-likeness (QED) is 0.832. The molecule has 2 unspecified atom stereocenters. The summed E-state index contributed by atoms with van der Waals surface area (Å²) in [5, 5.41) is 3.73. The second kappa shape index (κ2) is 7.01. The molecule has 1 aliphatic carbocycles. The van der Waals surface area contributed by atoms with E-state index in [1.54, 1.807) is 0 Å². The molecule has 0 radical (unpaired) electrons. The molecule has 20 heavy (non-hydrogen) atoms. The van der Waals surface area contributed by atoms with Gasteiger partial charge in [0.25, 0.3) is 0 Å². The summed E-state index contributed by atoms with van der Waals surface area (Å²) in [4.78, 5) is 2.14. The van der Waals surface area contributed by atoms with Crippen LogP contribution >= 0.6 is 0 Å². The van der Waals surface area contributed by atoms with Gasteiger partial charge in [0.1, 0.15) is 0 Å². The van der Waals surface area contributed by atoms with Gasteiger partial charge < -0.3 is 10.2 Å². The van der Waals surface area contributed by atoms with Crippen molar-refractivity contribution in [2.75, 3.05) is 24.3 Å². The second-order valence-electron chi connectivity index (χ2n) is 6.94. The lowest BCUT2D eigenvalue weighted by Gasteiger charge is -2.31. The van der Waals surface area contributed by atoms with E-state index in [2.05, 4.69) is 62.4 Å². The highest BCUT2D eigenvalue weighted by Crippen LogP contribution is 2.31. The maximum atomic E-state index is 3.73. The molecule has 1 aromatic carbocycles. The van der Waals surface area contributed by atoms with Gasteiger partial charge in [0.2, 0.25) is 0 Å². The molecule has 1 aromatic rings. The minimum absolute atomic E-state index is 0.665. The van der Waals surface area contributed by atoms with E-state index in [0.717, 1.165) is 11.8 Å². The Kier molecular flexibility index (Phi) is 5.33. The molecule has 0 heterocycles. The Morgan fingerprint density at radius 3 is 2.45 bits per heavy atom. The van der Waals surface area contributed by atoms with Crippen molar-refractivity contribution >= 4 is 11.4 Å². The molecule has 0 saturated heterocycles. The summed E-state index contributed by atoms with van der Waals surface area (Å²) in [5.74, 6) is 1.75. The molecule has 0 spiro atoms. The van der Waals surface area contributed by atoms with E-state index in [1.165, 1.54) is 43.5 Å². The third kappa shape index (κ3) is 4.43. The van der Waals surface area contributed by atoms with Crippen molar-refractivity contribution in [1.29, 1.82) is 0 Å². The van der Waals surface area contributed by atoms with E-state index in [-0.39, 0.29) is 0 Å². The van der Waals surface area contributed by atoms with E-state index in [1.807, 2.05) is 0 Å². The van der Waals surface area contributed by atoms with Gasteiger partial charge in [-0.15, -0.1) is 0 Å². The van der Waals surface area contributed by atoms with Crippen molar-refractivity contribution in [3.63, 3.8) is 0 Å². The molecular formula is C18H30N2. The van der Waals surface area contributed by atoms with Crippen molar-refractivity contribution in [3.8, 4) is 0 Å². The van der Waals surface area contributed by atoms with Crippen molar-refractivity contribution in [2.45, 2.75) is 52.0 Å². The average Bonchev–Trinajstić information content (AvgIpc) is 2.39. The lowest BCUT2D eigenvalue weighted by Crippen LogP contribution is -2.27. The van der Waals surface area contributed by atoms with Crippen LogP contribution in [0.1, 0.15) is 46.0 Å². The summed E-state index contributed by atoms with van der Waals surface area (Å²) in [6.45, 7) is 4.69. The zero-order valence-electron chi connectivity index (χ0n) is 13.5.